The number of furan rings is 1. The Balaban J connectivity index is 1.96. The molecular formula is C12H14N2O3S. The summed E-state index contributed by atoms with van der Waals surface area (Å²) in [6.07, 6.45) is 1.27. The SMILES string of the molecule is Cc1ncsc1CN(C)Cc1cc(C(=O)O)co1. The van der Waals surface area contributed by atoms with Crippen LogP contribution in [0.1, 0.15) is 26.7 Å². The van der Waals surface area contributed by atoms with E-state index in [9.17, 15) is 4.79 Å². The number of rotatable bonds is 5. The van der Waals surface area contributed by atoms with Crippen LogP contribution in [0.4, 0.5) is 0 Å². The molecule has 0 amide bonds. The van der Waals surface area contributed by atoms with E-state index < -0.39 is 5.97 Å². The third-order valence-corrected chi connectivity index (χ3v) is 3.50. The van der Waals surface area contributed by atoms with Crippen LogP contribution in [0.2, 0.25) is 0 Å². The van der Waals surface area contributed by atoms with Gasteiger partial charge in [0.2, 0.25) is 0 Å². The van der Waals surface area contributed by atoms with E-state index in [0.717, 1.165) is 12.2 Å². The average molecular weight is 266 g/mol. The molecule has 0 fully saturated rings. The number of aromatic carboxylic acids is 1. The van der Waals surface area contributed by atoms with Crippen LogP contribution in [0.25, 0.3) is 0 Å². The number of hydrogen-bond acceptors (Lipinski definition) is 5. The van der Waals surface area contributed by atoms with Gasteiger partial charge < -0.3 is 9.52 Å². The molecule has 6 heteroatoms. The minimum absolute atomic E-state index is 0.187. The lowest BCUT2D eigenvalue weighted by Crippen LogP contribution is -2.16. The van der Waals surface area contributed by atoms with Crippen molar-refractivity contribution in [2.75, 3.05) is 7.05 Å². The van der Waals surface area contributed by atoms with Crippen molar-refractivity contribution in [2.45, 2.75) is 20.0 Å². The molecule has 0 atom stereocenters. The van der Waals surface area contributed by atoms with Gasteiger partial charge in [-0.3, -0.25) is 4.90 Å². The minimum Gasteiger partial charge on any atom is -0.478 e. The Morgan fingerprint density at radius 2 is 2.33 bits per heavy atom. The smallest absolute Gasteiger partial charge is 0.338 e. The summed E-state index contributed by atoms with van der Waals surface area (Å²) in [7, 11) is 1.96. The van der Waals surface area contributed by atoms with Gasteiger partial charge in [0.25, 0.3) is 0 Å². The molecule has 2 aromatic heterocycles. The number of aryl methyl sites for hydroxylation is 1. The van der Waals surface area contributed by atoms with E-state index in [1.165, 1.54) is 11.1 Å². The van der Waals surface area contributed by atoms with Crippen LogP contribution in [-0.2, 0) is 13.1 Å². The molecule has 0 aliphatic heterocycles. The predicted molar refractivity (Wildman–Crippen MR) is 67.7 cm³/mol. The average Bonchev–Trinajstić information content (AvgIpc) is 2.89. The van der Waals surface area contributed by atoms with Gasteiger partial charge in [0.15, 0.2) is 0 Å². The van der Waals surface area contributed by atoms with Crippen LogP contribution in [0.3, 0.4) is 0 Å². The summed E-state index contributed by atoms with van der Waals surface area (Å²) in [4.78, 5) is 18.2. The van der Waals surface area contributed by atoms with Crippen LogP contribution in [0.5, 0.6) is 0 Å². The maximum absolute atomic E-state index is 10.7. The third kappa shape index (κ3) is 2.96. The molecule has 0 spiro atoms. The summed E-state index contributed by atoms with van der Waals surface area (Å²) in [6, 6.07) is 1.55. The highest BCUT2D eigenvalue weighted by atomic mass is 32.1. The molecule has 18 heavy (non-hydrogen) atoms. The number of thiazole rings is 1. The monoisotopic (exact) mass is 266 g/mol. The molecule has 0 unspecified atom stereocenters. The highest BCUT2D eigenvalue weighted by Crippen LogP contribution is 2.16. The van der Waals surface area contributed by atoms with Gasteiger partial charge in [-0.2, -0.15) is 0 Å². The molecule has 0 radical (unpaired) electrons. The van der Waals surface area contributed by atoms with Crippen LogP contribution in [0, 0.1) is 6.92 Å². The largest absolute Gasteiger partial charge is 0.478 e. The summed E-state index contributed by atoms with van der Waals surface area (Å²) in [5.41, 5.74) is 3.05. The van der Waals surface area contributed by atoms with Crippen LogP contribution in [0.15, 0.2) is 22.3 Å². The lowest BCUT2D eigenvalue weighted by atomic mass is 10.3. The van der Waals surface area contributed by atoms with Crippen molar-refractivity contribution < 1.29 is 14.3 Å². The molecule has 0 aromatic carbocycles. The van der Waals surface area contributed by atoms with Gasteiger partial charge in [0, 0.05) is 11.4 Å². The Bertz CT molecular complexity index is 547. The maximum Gasteiger partial charge on any atom is 0.338 e. The fourth-order valence-electron chi connectivity index (χ4n) is 1.62. The number of nitrogens with zero attached hydrogens (tertiary/aromatic N) is 2. The first kappa shape index (κ1) is 12.8. The second-order valence-electron chi connectivity index (χ2n) is 4.14. The number of carboxylic acid groups (broad SMARTS) is 1. The first-order valence-corrected chi connectivity index (χ1v) is 6.32. The van der Waals surface area contributed by atoms with E-state index in [-0.39, 0.29) is 5.56 Å². The first-order chi connectivity index (χ1) is 8.56. The van der Waals surface area contributed by atoms with Gasteiger partial charge in [0.05, 0.1) is 23.3 Å². The maximum atomic E-state index is 10.7. The second kappa shape index (κ2) is 5.32. The molecule has 2 rings (SSSR count). The zero-order valence-electron chi connectivity index (χ0n) is 10.2. The normalized spacial score (nSPS) is 11.1. The summed E-state index contributed by atoms with van der Waals surface area (Å²) in [5, 5.41) is 8.80. The number of carbonyl (C=O) groups is 1. The van der Waals surface area contributed by atoms with Gasteiger partial charge in [-0.05, 0) is 20.0 Å². The molecule has 2 heterocycles. The standard InChI is InChI=1S/C12H14N2O3S/c1-8-11(18-7-13-8)5-14(2)4-10-3-9(6-17-10)12(15)16/h3,6-7H,4-5H2,1-2H3,(H,15,16). The molecule has 0 saturated carbocycles. The minimum atomic E-state index is -0.967. The zero-order valence-corrected chi connectivity index (χ0v) is 11.0. The predicted octanol–water partition coefficient (Wildman–Crippen LogP) is 2.37. The van der Waals surface area contributed by atoms with Crippen molar-refractivity contribution in [1.82, 2.24) is 9.88 Å². The van der Waals surface area contributed by atoms with Crippen LogP contribution < -0.4 is 0 Å². The lowest BCUT2D eigenvalue weighted by molar-refractivity contribution is 0.0696. The molecule has 2 aromatic rings. The second-order valence-corrected chi connectivity index (χ2v) is 5.08. The van der Waals surface area contributed by atoms with E-state index in [4.69, 9.17) is 9.52 Å². The van der Waals surface area contributed by atoms with Gasteiger partial charge in [0.1, 0.15) is 12.0 Å². The van der Waals surface area contributed by atoms with Gasteiger partial charge >= 0.3 is 5.97 Å². The molecular weight excluding hydrogens is 252 g/mol. The fraction of sp³-hybridized carbons (Fsp3) is 0.333. The number of hydrogen-bond donors (Lipinski definition) is 1. The third-order valence-electron chi connectivity index (χ3n) is 2.58. The Morgan fingerprint density at radius 3 is 2.89 bits per heavy atom. The Kier molecular flexibility index (Phi) is 3.78. The molecule has 1 N–H and O–H groups in total. The van der Waals surface area contributed by atoms with Crippen LogP contribution in [-0.4, -0.2) is 28.0 Å². The topological polar surface area (TPSA) is 66.6 Å². The zero-order chi connectivity index (χ0) is 13.1. The van der Waals surface area contributed by atoms with E-state index >= 15 is 0 Å². The van der Waals surface area contributed by atoms with Crippen LogP contribution >= 0.6 is 11.3 Å². The molecule has 0 bridgehead atoms. The lowest BCUT2D eigenvalue weighted by Gasteiger charge is -2.13. The molecule has 0 aliphatic rings. The highest BCUT2D eigenvalue weighted by Gasteiger charge is 2.11. The summed E-state index contributed by atoms with van der Waals surface area (Å²) < 4.78 is 5.21. The Labute approximate surface area is 109 Å². The molecule has 5 nitrogen and oxygen atoms in total. The van der Waals surface area contributed by atoms with Crippen molar-refractivity contribution >= 4 is 17.3 Å². The molecule has 96 valence electrons. The number of aromatic nitrogens is 1. The van der Waals surface area contributed by atoms with Crippen molar-refractivity contribution in [2.24, 2.45) is 0 Å². The fourth-order valence-corrected chi connectivity index (χ4v) is 2.48. The van der Waals surface area contributed by atoms with Gasteiger partial charge in [-0.25, -0.2) is 9.78 Å². The van der Waals surface area contributed by atoms with Gasteiger partial charge in [-0.15, -0.1) is 11.3 Å². The van der Waals surface area contributed by atoms with E-state index in [0.29, 0.717) is 12.3 Å². The molecule has 0 saturated heterocycles. The van der Waals surface area contributed by atoms with Crippen molar-refractivity contribution in [3.63, 3.8) is 0 Å². The van der Waals surface area contributed by atoms with E-state index in [1.807, 2.05) is 19.5 Å². The van der Waals surface area contributed by atoms with Gasteiger partial charge in [-0.1, -0.05) is 0 Å². The van der Waals surface area contributed by atoms with Crippen molar-refractivity contribution in [3.8, 4) is 0 Å². The Hall–Kier alpha value is -1.66. The first-order valence-electron chi connectivity index (χ1n) is 5.44. The molecule has 0 aliphatic carbocycles. The van der Waals surface area contributed by atoms with E-state index in [1.54, 1.807) is 17.4 Å². The number of carboxylic acids is 1. The Morgan fingerprint density at radius 1 is 1.56 bits per heavy atom. The quantitative estimate of drug-likeness (QED) is 0.900. The summed E-state index contributed by atoms with van der Waals surface area (Å²) in [6.45, 7) is 3.33. The highest BCUT2D eigenvalue weighted by molar-refractivity contribution is 7.09. The summed E-state index contributed by atoms with van der Waals surface area (Å²) >= 11 is 1.62. The van der Waals surface area contributed by atoms with Crippen molar-refractivity contribution in [3.05, 3.63) is 39.7 Å². The van der Waals surface area contributed by atoms with E-state index in [2.05, 4.69) is 9.88 Å². The summed E-state index contributed by atoms with van der Waals surface area (Å²) in [5.74, 6) is -0.317. The van der Waals surface area contributed by atoms with Crippen molar-refractivity contribution in [1.29, 1.82) is 0 Å².